The molecular weight excluding hydrogens is 335 g/mol. The van der Waals surface area contributed by atoms with E-state index in [2.05, 4.69) is 16.1 Å². The molecule has 0 aromatic heterocycles. The van der Waals surface area contributed by atoms with Gasteiger partial charge in [0, 0.05) is 43.8 Å². The van der Waals surface area contributed by atoms with Gasteiger partial charge in [-0.3, -0.25) is 4.79 Å². The van der Waals surface area contributed by atoms with Crippen LogP contribution in [0.3, 0.4) is 0 Å². The van der Waals surface area contributed by atoms with Gasteiger partial charge in [0.05, 0.1) is 6.04 Å². The van der Waals surface area contributed by atoms with Gasteiger partial charge in [0.2, 0.25) is 5.91 Å². The topological polar surface area (TPSA) is 23.6 Å². The largest absolute Gasteiger partial charge is 0.335 e. The summed E-state index contributed by atoms with van der Waals surface area (Å²) in [5.74, 6) is 2.43. The van der Waals surface area contributed by atoms with Crippen molar-refractivity contribution in [3.8, 4) is 0 Å². The molecule has 2 saturated heterocycles. The molecule has 3 nitrogen and oxygen atoms in total. The first-order valence-corrected chi connectivity index (χ1v) is 10.8. The lowest BCUT2D eigenvalue weighted by molar-refractivity contribution is -0.139. The Labute approximate surface area is 153 Å². The van der Waals surface area contributed by atoms with Gasteiger partial charge in [-0.05, 0) is 42.7 Å². The van der Waals surface area contributed by atoms with Gasteiger partial charge in [-0.15, -0.1) is 0 Å². The van der Waals surface area contributed by atoms with Gasteiger partial charge in [-0.25, -0.2) is 4.39 Å². The summed E-state index contributed by atoms with van der Waals surface area (Å²) in [6, 6.07) is 6.96. The third-order valence-electron chi connectivity index (χ3n) is 6.28. The molecule has 2 aliphatic heterocycles. The highest BCUT2D eigenvalue weighted by molar-refractivity contribution is 7.98. The molecule has 3 atom stereocenters. The molecule has 3 fully saturated rings. The van der Waals surface area contributed by atoms with Crippen molar-refractivity contribution in [2.75, 3.05) is 38.2 Å². The van der Waals surface area contributed by atoms with Crippen LogP contribution in [-0.2, 0) is 4.79 Å². The predicted octanol–water partition coefficient (Wildman–Crippen LogP) is 3.42. The molecule has 0 radical (unpaired) electrons. The molecule has 0 N–H and O–H groups in total. The van der Waals surface area contributed by atoms with E-state index in [9.17, 15) is 9.18 Å². The molecule has 0 bridgehead atoms. The second-order valence-electron chi connectivity index (χ2n) is 7.79. The molecule has 25 heavy (non-hydrogen) atoms. The Bertz CT molecular complexity index is 636. The minimum absolute atomic E-state index is 0.0491. The van der Waals surface area contributed by atoms with Crippen molar-refractivity contribution in [1.82, 2.24) is 9.80 Å². The van der Waals surface area contributed by atoms with Crippen LogP contribution >= 0.6 is 11.8 Å². The van der Waals surface area contributed by atoms with Crippen LogP contribution in [0.1, 0.15) is 30.9 Å². The molecule has 1 aromatic carbocycles. The van der Waals surface area contributed by atoms with Crippen LogP contribution in [0.2, 0.25) is 0 Å². The number of carbonyl (C=O) groups is 1. The molecule has 3 aliphatic rings. The fourth-order valence-electron chi connectivity index (χ4n) is 4.77. The van der Waals surface area contributed by atoms with Crippen molar-refractivity contribution >= 4 is 17.7 Å². The summed E-state index contributed by atoms with van der Waals surface area (Å²) in [6.07, 6.45) is 5.37. The number of benzene rings is 1. The number of halogens is 1. The Morgan fingerprint density at radius 1 is 1.28 bits per heavy atom. The summed E-state index contributed by atoms with van der Waals surface area (Å²) in [5.41, 5.74) is 0.979. The van der Waals surface area contributed by atoms with E-state index in [-0.39, 0.29) is 17.8 Å². The summed E-state index contributed by atoms with van der Waals surface area (Å²) >= 11 is 1.88. The smallest absolute Gasteiger partial charge is 0.226 e. The van der Waals surface area contributed by atoms with Crippen molar-refractivity contribution in [3.63, 3.8) is 0 Å². The van der Waals surface area contributed by atoms with Crippen LogP contribution in [0.15, 0.2) is 24.3 Å². The zero-order valence-electron chi connectivity index (χ0n) is 14.9. The van der Waals surface area contributed by atoms with Crippen LogP contribution in [0.25, 0.3) is 0 Å². The third kappa shape index (κ3) is 3.33. The highest BCUT2D eigenvalue weighted by atomic mass is 32.2. The zero-order chi connectivity index (χ0) is 17.4. The number of nitrogens with zero attached hydrogens (tertiary/aromatic N) is 2. The lowest BCUT2D eigenvalue weighted by Gasteiger charge is -2.35. The minimum atomic E-state index is -0.200. The molecule has 136 valence electrons. The predicted molar refractivity (Wildman–Crippen MR) is 100.0 cm³/mol. The van der Waals surface area contributed by atoms with Crippen molar-refractivity contribution in [1.29, 1.82) is 0 Å². The molecule has 2 heterocycles. The Morgan fingerprint density at radius 2 is 2.12 bits per heavy atom. The zero-order valence-corrected chi connectivity index (χ0v) is 15.7. The number of fused-ring (bicyclic) bond motifs is 1. The normalized spacial score (nSPS) is 29.7. The highest BCUT2D eigenvalue weighted by Crippen LogP contribution is 2.46. The van der Waals surface area contributed by atoms with Crippen LogP contribution in [0.5, 0.6) is 0 Å². The van der Waals surface area contributed by atoms with E-state index in [0.717, 1.165) is 50.3 Å². The van der Waals surface area contributed by atoms with Crippen molar-refractivity contribution in [2.45, 2.75) is 25.3 Å². The van der Waals surface area contributed by atoms with Crippen molar-refractivity contribution < 1.29 is 9.18 Å². The molecule has 1 aliphatic carbocycles. The van der Waals surface area contributed by atoms with Crippen LogP contribution < -0.4 is 0 Å². The Balaban J connectivity index is 1.58. The standard InChI is InChI=1S/C20H27FN2OS/c1-25-9-8-22-11-16-12-23(20(24)14-4-2-5-14)19(18(16)13-22)15-6-3-7-17(21)10-15/h3,6-7,10,14,16,18-19H,2,4-5,8-9,11-13H2,1H3/t16-,18-,19+/m0/s1. The highest BCUT2D eigenvalue weighted by Gasteiger charge is 2.50. The maximum Gasteiger partial charge on any atom is 0.226 e. The summed E-state index contributed by atoms with van der Waals surface area (Å²) in [6.45, 7) is 4.06. The Hall–Kier alpha value is -1.07. The van der Waals surface area contributed by atoms with E-state index in [4.69, 9.17) is 0 Å². The van der Waals surface area contributed by atoms with Crippen LogP contribution in [0, 0.1) is 23.6 Å². The second kappa shape index (κ2) is 7.28. The first-order chi connectivity index (χ1) is 12.2. The lowest BCUT2D eigenvalue weighted by Crippen LogP contribution is -2.41. The molecule has 4 rings (SSSR count). The van der Waals surface area contributed by atoms with Crippen molar-refractivity contribution in [3.05, 3.63) is 35.6 Å². The number of thioether (sulfide) groups is 1. The number of amides is 1. The Morgan fingerprint density at radius 3 is 2.80 bits per heavy atom. The fourth-order valence-corrected chi connectivity index (χ4v) is 5.22. The number of likely N-dealkylation sites (tertiary alicyclic amines) is 2. The maximum atomic E-state index is 13.9. The number of carbonyl (C=O) groups excluding carboxylic acids is 1. The monoisotopic (exact) mass is 362 g/mol. The van der Waals surface area contributed by atoms with Crippen molar-refractivity contribution in [2.24, 2.45) is 17.8 Å². The van der Waals surface area contributed by atoms with Gasteiger partial charge in [0.25, 0.3) is 0 Å². The fraction of sp³-hybridized carbons (Fsp3) is 0.650. The maximum absolute atomic E-state index is 13.9. The molecule has 0 unspecified atom stereocenters. The second-order valence-corrected chi connectivity index (χ2v) is 8.78. The summed E-state index contributed by atoms with van der Waals surface area (Å²) in [5, 5.41) is 0. The summed E-state index contributed by atoms with van der Waals surface area (Å²) in [4.78, 5) is 17.6. The van der Waals surface area contributed by atoms with E-state index in [1.807, 2.05) is 17.8 Å². The van der Waals surface area contributed by atoms with Crippen LogP contribution in [0.4, 0.5) is 4.39 Å². The molecule has 1 amide bonds. The SMILES string of the molecule is CSCCN1C[C@H]2CN(C(=O)C3CCC3)[C@H](c3cccc(F)c3)[C@H]2C1. The molecule has 1 saturated carbocycles. The van der Waals surface area contributed by atoms with Gasteiger partial charge in [0.15, 0.2) is 0 Å². The van der Waals surface area contributed by atoms with Gasteiger partial charge in [-0.2, -0.15) is 11.8 Å². The number of rotatable bonds is 5. The lowest BCUT2D eigenvalue weighted by atomic mass is 9.83. The van der Waals surface area contributed by atoms with Gasteiger partial charge in [0.1, 0.15) is 5.82 Å². The average molecular weight is 363 g/mol. The van der Waals surface area contributed by atoms with E-state index >= 15 is 0 Å². The van der Waals surface area contributed by atoms with E-state index in [1.54, 1.807) is 12.1 Å². The summed E-state index contributed by atoms with van der Waals surface area (Å²) in [7, 11) is 0. The quantitative estimate of drug-likeness (QED) is 0.802. The molecular formula is C20H27FN2OS. The number of hydrogen-bond acceptors (Lipinski definition) is 3. The molecule has 5 heteroatoms. The Kier molecular flexibility index (Phi) is 5.05. The number of hydrogen-bond donors (Lipinski definition) is 0. The summed E-state index contributed by atoms with van der Waals surface area (Å²) < 4.78 is 13.9. The van der Waals surface area contributed by atoms with Crippen LogP contribution in [-0.4, -0.2) is 53.9 Å². The first kappa shape index (κ1) is 17.3. The van der Waals surface area contributed by atoms with E-state index in [0.29, 0.717) is 17.7 Å². The third-order valence-corrected chi connectivity index (χ3v) is 6.87. The molecule has 0 spiro atoms. The molecule has 1 aromatic rings. The average Bonchev–Trinajstić information content (AvgIpc) is 3.08. The first-order valence-electron chi connectivity index (χ1n) is 9.44. The van der Waals surface area contributed by atoms with E-state index < -0.39 is 0 Å². The van der Waals surface area contributed by atoms with E-state index in [1.165, 1.54) is 12.5 Å². The van der Waals surface area contributed by atoms with Gasteiger partial charge < -0.3 is 9.80 Å². The minimum Gasteiger partial charge on any atom is -0.335 e. The van der Waals surface area contributed by atoms with Gasteiger partial charge >= 0.3 is 0 Å². The van der Waals surface area contributed by atoms with Gasteiger partial charge in [-0.1, -0.05) is 18.6 Å².